The first-order valence-electron chi connectivity index (χ1n) is 8.87. The van der Waals surface area contributed by atoms with Gasteiger partial charge in [0.2, 0.25) is 6.10 Å². The van der Waals surface area contributed by atoms with Gasteiger partial charge in [0.05, 0.1) is 17.1 Å². The van der Waals surface area contributed by atoms with Gasteiger partial charge < -0.3 is 10.1 Å². The molecule has 0 bridgehead atoms. The molecule has 0 radical (unpaired) electrons. The summed E-state index contributed by atoms with van der Waals surface area (Å²) < 4.78 is 18.9. The van der Waals surface area contributed by atoms with E-state index in [0.29, 0.717) is 12.1 Å². The lowest BCUT2D eigenvalue weighted by Crippen LogP contribution is -2.23. The van der Waals surface area contributed by atoms with Gasteiger partial charge in [0.15, 0.2) is 5.78 Å². The van der Waals surface area contributed by atoms with Gasteiger partial charge in [-0.3, -0.25) is 14.6 Å². The summed E-state index contributed by atoms with van der Waals surface area (Å²) in [5, 5.41) is 3.33. The van der Waals surface area contributed by atoms with Crippen molar-refractivity contribution in [1.29, 1.82) is 0 Å². The molecule has 1 aromatic carbocycles. The Morgan fingerprint density at radius 1 is 1.30 bits per heavy atom. The Balaban J connectivity index is 2.13. The lowest BCUT2D eigenvalue weighted by Gasteiger charge is -2.21. The van der Waals surface area contributed by atoms with Gasteiger partial charge in [-0.2, -0.15) is 0 Å². The van der Waals surface area contributed by atoms with Crippen LogP contribution in [0.2, 0.25) is 0 Å². The van der Waals surface area contributed by atoms with Gasteiger partial charge in [-0.15, -0.1) is 0 Å². The van der Waals surface area contributed by atoms with Gasteiger partial charge in [0.1, 0.15) is 5.82 Å². The van der Waals surface area contributed by atoms with Crippen molar-refractivity contribution in [2.45, 2.75) is 45.6 Å². The van der Waals surface area contributed by atoms with Crippen LogP contribution in [-0.4, -0.2) is 23.3 Å². The minimum Gasteiger partial charge on any atom is -0.448 e. The van der Waals surface area contributed by atoms with Crippen LogP contribution in [0.4, 0.5) is 10.1 Å². The predicted octanol–water partition coefficient (Wildman–Crippen LogP) is 3.71. The number of ketones is 1. The highest BCUT2D eigenvalue weighted by Crippen LogP contribution is 2.38. The Bertz CT molecular complexity index is 908. The van der Waals surface area contributed by atoms with Crippen molar-refractivity contribution in [3.63, 3.8) is 0 Å². The maximum Gasteiger partial charge on any atom is 0.303 e. The van der Waals surface area contributed by atoms with Crippen LogP contribution in [0.15, 0.2) is 30.3 Å². The van der Waals surface area contributed by atoms with Crippen molar-refractivity contribution >= 4 is 17.4 Å². The third-order valence-corrected chi connectivity index (χ3v) is 4.68. The molecular formula is C21H23FN2O3. The van der Waals surface area contributed by atoms with Gasteiger partial charge >= 0.3 is 5.97 Å². The molecule has 1 atom stereocenters. The third-order valence-electron chi connectivity index (χ3n) is 4.68. The minimum atomic E-state index is -1.08. The summed E-state index contributed by atoms with van der Waals surface area (Å²) >= 11 is 0. The van der Waals surface area contributed by atoms with E-state index in [1.165, 1.54) is 26.0 Å². The molecule has 2 aromatic rings. The number of aromatic nitrogens is 1. The first-order valence-corrected chi connectivity index (χ1v) is 8.87. The first-order chi connectivity index (χ1) is 12.7. The molecule has 6 heteroatoms. The SMILES string of the molecule is CC(=O)OC(C(C)=O)c1nc2c(cc1Cc1cccc(F)c1)NCC2(C)C. The number of ether oxygens (including phenoxy) is 1. The molecule has 1 aromatic heterocycles. The second-order valence-corrected chi connectivity index (χ2v) is 7.57. The first kappa shape index (κ1) is 19.0. The zero-order chi connectivity index (χ0) is 19.8. The zero-order valence-corrected chi connectivity index (χ0v) is 15.9. The van der Waals surface area contributed by atoms with Crippen LogP contribution in [0.25, 0.3) is 0 Å². The van der Waals surface area contributed by atoms with E-state index in [2.05, 4.69) is 19.2 Å². The number of halogens is 1. The Kier molecular flexibility index (Phi) is 5.00. The molecule has 1 N–H and O–H groups in total. The maximum absolute atomic E-state index is 13.6. The van der Waals surface area contributed by atoms with E-state index in [4.69, 9.17) is 9.72 Å². The second-order valence-electron chi connectivity index (χ2n) is 7.57. The number of nitrogens with one attached hydrogen (secondary N) is 1. The molecule has 142 valence electrons. The van der Waals surface area contributed by atoms with Crippen LogP contribution in [0.3, 0.4) is 0 Å². The molecular weight excluding hydrogens is 347 g/mol. The molecule has 1 aliphatic rings. The lowest BCUT2D eigenvalue weighted by atomic mass is 9.89. The number of anilines is 1. The molecule has 0 fully saturated rings. The topological polar surface area (TPSA) is 68.3 Å². The number of pyridine rings is 1. The van der Waals surface area contributed by atoms with Crippen molar-refractivity contribution in [3.8, 4) is 0 Å². The minimum absolute atomic E-state index is 0.209. The van der Waals surface area contributed by atoms with E-state index in [9.17, 15) is 14.0 Å². The average Bonchev–Trinajstić information content (AvgIpc) is 2.86. The van der Waals surface area contributed by atoms with E-state index in [1.807, 2.05) is 12.1 Å². The molecule has 0 spiro atoms. The highest BCUT2D eigenvalue weighted by Gasteiger charge is 2.35. The summed E-state index contributed by atoms with van der Waals surface area (Å²) in [5.41, 5.74) is 3.40. The largest absolute Gasteiger partial charge is 0.448 e. The molecule has 2 heterocycles. The lowest BCUT2D eigenvalue weighted by molar-refractivity contribution is -0.153. The van der Waals surface area contributed by atoms with Crippen LogP contribution in [0, 0.1) is 5.82 Å². The van der Waals surface area contributed by atoms with Crippen LogP contribution in [0.1, 0.15) is 56.3 Å². The summed E-state index contributed by atoms with van der Waals surface area (Å²) in [6.45, 7) is 7.47. The van der Waals surface area contributed by atoms with Gasteiger partial charge in [-0.1, -0.05) is 26.0 Å². The Hall–Kier alpha value is -2.76. The molecule has 1 unspecified atom stereocenters. The number of Topliss-reactive ketones (excluding diaryl/α,β-unsaturated/α-hetero) is 1. The average molecular weight is 370 g/mol. The fourth-order valence-corrected chi connectivity index (χ4v) is 3.35. The monoisotopic (exact) mass is 370 g/mol. The van der Waals surface area contributed by atoms with E-state index >= 15 is 0 Å². The second kappa shape index (κ2) is 7.10. The quantitative estimate of drug-likeness (QED) is 0.813. The zero-order valence-electron chi connectivity index (χ0n) is 15.9. The van der Waals surface area contributed by atoms with E-state index in [1.54, 1.807) is 6.07 Å². The van der Waals surface area contributed by atoms with Crippen molar-refractivity contribution < 1.29 is 18.7 Å². The van der Waals surface area contributed by atoms with E-state index in [-0.39, 0.29) is 17.0 Å². The number of benzene rings is 1. The number of carbonyl (C=O) groups excluding carboxylic acids is 2. The highest BCUT2D eigenvalue weighted by atomic mass is 19.1. The molecule has 1 aliphatic heterocycles. The number of fused-ring (bicyclic) bond motifs is 1. The normalized spacial score (nSPS) is 15.6. The van der Waals surface area contributed by atoms with Crippen molar-refractivity contribution in [2.24, 2.45) is 0 Å². The molecule has 27 heavy (non-hydrogen) atoms. The number of hydrogen-bond donors (Lipinski definition) is 1. The van der Waals surface area contributed by atoms with Crippen LogP contribution < -0.4 is 5.32 Å². The number of hydrogen-bond acceptors (Lipinski definition) is 5. The Labute approximate surface area is 158 Å². The summed E-state index contributed by atoms with van der Waals surface area (Å²) in [4.78, 5) is 28.5. The van der Waals surface area contributed by atoms with Crippen LogP contribution in [0.5, 0.6) is 0 Å². The molecule has 0 aliphatic carbocycles. The molecule has 0 saturated heterocycles. The number of rotatable bonds is 5. The molecule has 5 nitrogen and oxygen atoms in total. The molecule has 0 saturated carbocycles. The van der Waals surface area contributed by atoms with Gasteiger partial charge in [0.25, 0.3) is 0 Å². The van der Waals surface area contributed by atoms with E-state index in [0.717, 1.165) is 29.1 Å². The molecule has 0 amide bonds. The molecule has 3 rings (SSSR count). The van der Waals surface area contributed by atoms with Crippen LogP contribution >= 0.6 is 0 Å². The fourth-order valence-electron chi connectivity index (χ4n) is 3.35. The van der Waals surface area contributed by atoms with Crippen molar-refractivity contribution in [2.75, 3.05) is 11.9 Å². The maximum atomic E-state index is 13.6. The van der Waals surface area contributed by atoms with Crippen molar-refractivity contribution in [3.05, 3.63) is 58.7 Å². The standard InChI is InChI=1S/C21H23FN2O3/c1-12(25)19(27-13(2)26)18-15(8-14-6-5-7-16(22)9-14)10-17-20(24-18)21(3,4)11-23-17/h5-7,9-10,19,23H,8,11H2,1-4H3. The van der Waals surface area contributed by atoms with Gasteiger partial charge in [-0.25, -0.2) is 4.39 Å². The number of carbonyl (C=O) groups is 2. The fraction of sp³-hybridized carbons (Fsp3) is 0.381. The number of nitrogens with zero attached hydrogens (tertiary/aromatic N) is 1. The Morgan fingerprint density at radius 3 is 2.67 bits per heavy atom. The predicted molar refractivity (Wildman–Crippen MR) is 100 cm³/mol. The number of esters is 1. The summed E-state index contributed by atoms with van der Waals surface area (Å²) in [6, 6.07) is 8.21. The van der Waals surface area contributed by atoms with Crippen molar-refractivity contribution in [1.82, 2.24) is 4.98 Å². The smallest absolute Gasteiger partial charge is 0.303 e. The third kappa shape index (κ3) is 3.99. The van der Waals surface area contributed by atoms with Crippen LogP contribution in [-0.2, 0) is 26.2 Å². The summed E-state index contributed by atoms with van der Waals surface area (Å²) in [6.07, 6.45) is -0.701. The van der Waals surface area contributed by atoms with E-state index < -0.39 is 12.1 Å². The highest BCUT2D eigenvalue weighted by molar-refractivity contribution is 5.84. The Morgan fingerprint density at radius 2 is 2.04 bits per heavy atom. The summed E-state index contributed by atoms with van der Waals surface area (Å²) in [7, 11) is 0. The van der Waals surface area contributed by atoms with Gasteiger partial charge in [0, 0.05) is 18.9 Å². The van der Waals surface area contributed by atoms with Gasteiger partial charge in [-0.05, 0) is 42.7 Å². The summed E-state index contributed by atoms with van der Waals surface area (Å²) in [5.74, 6) is -1.18.